The highest BCUT2D eigenvalue weighted by molar-refractivity contribution is 5.11. The minimum Gasteiger partial charge on any atom is -0.390 e. The van der Waals surface area contributed by atoms with E-state index in [9.17, 15) is 5.11 Å². The van der Waals surface area contributed by atoms with Gasteiger partial charge in [0.05, 0.1) is 12.2 Å². The van der Waals surface area contributed by atoms with Crippen LogP contribution in [0.2, 0.25) is 0 Å². The van der Waals surface area contributed by atoms with Gasteiger partial charge in [-0.25, -0.2) is 0 Å². The molecule has 0 spiro atoms. The summed E-state index contributed by atoms with van der Waals surface area (Å²) in [7, 11) is 1.78. The summed E-state index contributed by atoms with van der Waals surface area (Å²) in [5.41, 5.74) is 0.707. The molecule has 0 aromatic carbocycles. The first kappa shape index (κ1) is 15.4. The Kier molecular flexibility index (Phi) is 3.66. The topological polar surface area (TPSA) is 29.5 Å². The minimum atomic E-state index is -0.250. The van der Waals surface area contributed by atoms with Crippen molar-refractivity contribution in [3.8, 4) is 0 Å². The fraction of sp³-hybridized carbons (Fsp3) is 1.00. The monoisotopic (exact) mass is 306 g/mol. The van der Waals surface area contributed by atoms with Crippen LogP contribution in [0.25, 0.3) is 0 Å². The van der Waals surface area contributed by atoms with Gasteiger partial charge >= 0.3 is 0 Å². The number of rotatable bonds is 1. The summed E-state index contributed by atoms with van der Waals surface area (Å²) < 4.78 is 5.64. The molecule has 4 fully saturated rings. The van der Waals surface area contributed by atoms with E-state index in [1.165, 1.54) is 51.4 Å². The Labute approximate surface area is 136 Å². The largest absolute Gasteiger partial charge is 0.390 e. The van der Waals surface area contributed by atoms with Crippen molar-refractivity contribution in [2.24, 2.45) is 34.5 Å². The lowest BCUT2D eigenvalue weighted by atomic mass is 9.45. The quantitative estimate of drug-likeness (QED) is 0.778. The second-order valence-electron chi connectivity index (χ2n) is 9.40. The Bertz CT molecular complexity index is 433. The van der Waals surface area contributed by atoms with Crippen LogP contribution in [0.1, 0.15) is 71.6 Å². The first-order chi connectivity index (χ1) is 10.5. The van der Waals surface area contributed by atoms with Crippen molar-refractivity contribution in [2.75, 3.05) is 7.11 Å². The third-order valence-corrected chi connectivity index (χ3v) is 8.84. The molecule has 0 bridgehead atoms. The lowest BCUT2D eigenvalue weighted by Crippen LogP contribution is -2.53. The van der Waals surface area contributed by atoms with E-state index in [4.69, 9.17) is 4.74 Å². The summed E-state index contributed by atoms with van der Waals surface area (Å²) in [6.45, 7) is 4.97. The van der Waals surface area contributed by atoms with Gasteiger partial charge in [0.1, 0.15) is 0 Å². The van der Waals surface area contributed by atoms with Crippen LogP contribution in [0.4, 0.5) is 0 Å². The number of ether oxygens (including phenoxy) is 1. The normalized spacial score (nSPS) is 57.8. The van der Waals surface area contributed by atoms with E-state index in [1.54, 1.807) is 7.11 Å². The maximum atomic E-state index is 10.8. The molecule has 0 aromatic rings. The van der Waals surface area contributed by atoms with Gasteiger partial charge in [0.15, 0.2) is 0 Å². The Morgan fingerprint density at radius 3 is 2.50 bits per heavy atom. The average Bonchev–Trinajstić information content (AvgIpc) is 2.78. The predicted molar refractivity (Wildman–Crippen MR) is 88.5 cm³/mol. The van der Waals surface area contributed by atoms with Crippen molar-refractivity contribution in [3.05, 3.63) is 0 Å². The van der Waals surface area contributed by atoms with Gasteiger partial charge in [-0.3, -0.25) is 0 Å². The summed E-state index contributed by atoms with van der Waals surface area (Å²) in [6.07, 6.45) is 12.2. The third kappa shape index (κ3) is 1.92. The fourth-order valence-electron chi connectivity index (χ4n) is 7.48. The van der Waals surface area contributed by atoms with E-state index in [0.717, 1.165) is 24.2 Å². The van der Waals surface area contributed by atoms with Gasteiger partial charge in [-0.2, -0.15) is 0 Å². The highest BCUT2D eigenvalue weighted by atomic mass is 16.5. The molecule has 22 heavy (non-hydrogen) atoms. The number of aliphatic hydroxyl groups excluding tert-OH is 1. The van der Waals surface area contributed by atoms with Crippen LogP contribution in [0.5, 0.6) is 0 Å². The zero-order valence-electron chi connectivity index (χ0n) is 14.7. The van der Waals surface area contributed by atoms with E-state index >= 15 is 0 Å². The standard InChI is InChI=1S/C20H34O2/c1-19-10-5-4-6-13(19)7-8-14-15(19)9-11-20(2)16(14)12-17(22-3)18(20)21/h13-18,21H,4-12H2,1-3H3/t13-,14-,15+,16+,17+,18+,19+,20+/m1/s1. The molecule has 0 heterocycles. The molecule has 4 saturated carbocycles. The molecule has 126 valence electrons. The van der Waals surface area contributed by atoms with Crippen LogP contribution in [0.15, 0.2) is 0 Å². The van der Waals surface area contributed by atoms with Crippen molar-refractivity contribution in [2.45, 2.75) is 83.8 Å². The van der Waals surface area contributed by atoms with Gasteiger partial charge in [-0.15, -0.1) is 0 Å². The molecule has 8 atom stereocenters. The summed E-state index contributed by atoms with van der Waals surface area (Å²) in [6, 6.07) is 0. The van der Waals surface area contributed by atoms with Crippen molar-refractivity contribution in [3.63, 3.8) is 0 Å². The molecule has 4 aliphatic rings. The Hall–Kier alpha value is -0.0800. The van der Waals surface area contributed by atoms with Crippen molar-refractivity contribution in [1.82, 2.24) is 0 Å². The van der Waals surface area contributed by atoms with E-state index in [-0.39, 0.29) is 17.6 Å². The van der Waals surface area contributed by atoms with Crippen molar-refractivity contribution < 1.29 is 9.84 Å². The third-order valence-electron chi connectivity index (χ3n) is 8.84. The molecule has 4 rings (SSSR count). The highest BCUT2D eigenvalue weighted by Gasteiger charge is 2.61. The number of methoxy groups -OCH3 is 1. The Balaban J connectivity index is 1.64. The highest BCUT2D eigenvalue weighted by Crippen LogP contribution is 2.66. The van der Waals surface area contributed by atoms with Crippen LogP contribution in [-0.4, -0.2) is 24.4 Å². The molecule has 4 aliphatic carbocycles. The summed E-state index contributed by atoms with van der Waals surface area (Å²) >= 11 is 0. The lowest BCUT2D eigenvalue weighted by Gasteiger charge is -2.60. The van der Waals surface area contributed by atoms with Gasteiger partial charge in [-0.1, -0.05) is 26.7 Å². The first-order valence-electron chi connectivity index (χ1n) is 9.71. The van der Waals surface area contributed by atoms with Gasteiger partial charge in [0, 0.05) is 7.11 Å². The van der Waals surface area contributed by atoms with Crippen LogP contribution in [-0.2, 0) is 4.74 Å². The fourth-order valence-corrected chi connectivity index (χ4v) is 7.48. The first-order valence-corrected chi connectivity index (χ1v) is 9.71. The maximum absolute atomic E-state index is 10.8. The Morgan fingerprint density at radius 1 is 0.909 bits per heavy atom. The maximum Gasteiger partial charge on any atom is 0.0857 e. The van der Waals surface area contributed by atoms with Crippen LogP contribution >= 0.6 is 0 Å². The zero-order valence-corrected chi connectivity index (χ0v) is 14.7. The molecular formula is C20H34O2. The number of aliphatic hydroxyl groups is 1. The van der Waals surface area contributed by atoms with Crippen LogP contribution < -0.4 is 0 Å². The second-order valence-corrected chi connectivity index (χ2v) is 9.40. The summed E-state index contributed by atoms with van der Waals surface area (Å²) in [5.74, 6) is 3.42. The smallest absolute Gasteiger partial charge is 0.0857 e. The van der Waals surface area contributed by atoms with Crippen molar-refractivity contribution in [1.29, 1.82) is 0 Å². The molecule has 0 unspecified atom stereocenters. The molecular weight excluding hydrogens is 272 g/mol. The predicted octanol–water partition coefficient (Wildman–Crippen LogP) is 4.41. The number of hydrogen-bond acceptors (Lipinski definition) is 2. The van der Waals surface area contributed by atoms with Gasteiger partial charge in [0.25, 0.3) is 0 Å². The molecule has 1 N–H and O–H groups in total. The molecule has 2 heteroatoms. The molecule has 0 aliphatic heterocycles. The summed E-state index contributed by atoms with van der Waals surface area (Å²) in [5, 5.41) is 10.8. The molecule has 0 amide bonds. The lowest BCUT2D eigenvalue weighted by molar-refractivity contribution is -0.124. The second kappa shape index (κ2) is 5.21. The average molecular weight is 306 g/mol. The SMILES string of the molecule is CO[C@H]1C[C@H]2[C@@H]3CC[C@H]4CCCC[C@]4(C)[C@H]3CC[C@]2(C)[C@H]1O. The van der Waals surface area contributed by atoms with Gasteiger partial charge < -0.3 is 9.84 Å². The summed E-state index contributed by atoms with van der Waals surface area (Å²) in [4.78, 5) is 0. The van der Waals surface area contributed by atoms with Crippen molar-refractivity contribution >= 4 is 0 Å². The number of fused-ring (bicyclic) bond motifs is 5. The molecule has 2 nitrogen and oxygen atoms in total. The van der Waals surface area contributed by atoms with Gasteiger partial charge in [-0.05, 0) is 79.4 Å². The zero-order chi connectivity index (χ0) is 15.5. The van der Waals surface area contributed by atoms with Gasteiger partial charge in [0.2, 0.25) is 0 Å². The molecule has 0 aromatic heterocycles. The van der Waals surface area contributed by atoms with E-state index in [2.05, 4.69) is 13.8 Å². The number of hydrogen-bond donors (Lipinski definition) is 1. The van der Waals surface area contributed by atoms with E-state index in [1.807, 2.05) is 0 Å². The van der Waals surface area contributed by atoms with Crippen LogP contribution in [0.3, 0.4) is 0 Å². The van der Waals surface area contributed by atoms with E-state index in [0.29, 0.717) is 11.3 Å². The Morgan fingerprint density at radius 2 is 1.73 bits per heavy atom. The van der Waals surface area contributed by atoms with E-state index < -0.39 is 0 Å². The molecule has 0 saturated heterocycles. The minimum absolute atomic E-state index is 0.0747. The molecule has 0 radical (unpaired) electrons. The van der Waals surface area contributed by atoms with Crippen LogP contribution in [0, 0.1) is 34.5 Å².